The number of hydrogen-bond acceptors (Lipinski definition) is 6. The predicted molar refractivity (Wildman–Crippen MR) is 80.6 cm³/mol. The molecule has 1 fully saturated rings. The normalized spacial score (nSPS) is 17.0. The number of rotatable bonds is 3. The molecule has 6 nitrogen and oxygen atoms in total. The number of piperidine rings is 1. The van der Waals surface area contributed by atoms with Crippen LogP contribution in [0.25, 0.3) is 0 Å². The summed E-state index contributed by atoms with van der Waals surface area (Å²) in [6.07, 6.45) is 0.904. The van der Waals surface area contributed by atoms with Crippen molar-refractivity contribution < 1.29 is 24.2 Å². The Morgan fingerprint density at radius 3 is 2.32 bits per heavy atom. The Morgan fingerprint density at radius 1 is 1.18 bits per heavy atom. The molecule has 1 aromatic rings. The molecule has 1 aliphatic rings. The van der Waals surface area contributed by atoms with Crippen LogP contribution in [0.1, 0.15) is 33.6 Å². The second-order valence-corrected chi connectivity index (χ2v) is 6.30. The Balaban J connectivity index is 1.73. The lowest BCUT2D eigenvalue weighted by Crippen LogP contribution is -2.40. The summed E-state index contributed by atoms with van der Waals surface area (Å²) in [5.74, 6) is 0.942. The van der Waals surface area contributed by atoms with Gasteiger partial charge in [-0.1, -0.05) is 0 Å². The minimum absolute atomic E-state index is 0.0722. The van der Waals surface area contributed by atoms with Gasteiger partial charge in [0.25, 0.3) is 0 Å². The van der Waals surface area contributed by atoms with Crippen LogP contribution in [0.15, 0.2) is 24.3 Å². The van der Waals surface area contributed by atoms with E-state index in [-0.39, 0.29) is 11.9 Å². The van der Waals surface area contributed by atoms with Gasteiger partial charge < -0.3 is 19.4 Å². The summed E-state index contributed by atoms with van der Waals surface area (Å²) < 4.78 is 11.0. The fraction of sp³-hybridized carbons (Fsp3) is 0.562. The third kappa shape index (κ3) is 5.44. The minimum Gasteiger partial charge on any atom is -0.508 e. The summed E-state index contributed by atoms with van der Waals surface area (Å²) >= 11 is 0. The van der Waals surface area contributed by atoms with Crippen molar-refractivity contribution in [3.63, 3.8) is 0 Å². The first kappa shape index (κ1) is 16.4. The van der Waals surface area contributed by atoms with E-state index in [1.807, 2.05) is 0 Å². The average molecular weight is 309 g/mol. The highest BCUT2D eigenvalue weighted by Gasteiger charge is 2.25. The monoisotopic (exact) mass is 309 g/mol. The molecule has 22 heavy (non-hydrogen) atoms. The van der Waals surface area contributed by atoms with Crippen LogP contribution < -0.4 is 4.74 Å². The van der Waals surface area contributed by atoms with Crippen molar-refractivity contribution >= 4 is 6.16 Å². The molecular formula is C16H23NO5. The van der Waals surface area contributed by atoms with E-state index in [2.05, 4.69) is 0 Å². The number of ether oxygens (including phenoxy) is 2. The first-order valence-corrected chi connectivity index (χ1v) is 7.43. The molecule has 0 radical (unpaired) electrons. The first-order chi connectivity index (χ1) is 10.3. The van der Waals surface area contributed by atoms with E-state index in [4.69, 9.17) is 14.3 Å². The Kier molecular flexibility index (Phi) is 5.13. The SMILES string of the molecule is CC(C)(C)OC(=O)ON1CCC(Oc2ccc(O)cc2)CC1. The number of carbonyl (C=O) groups is 1. The van der Waals surface area contributed by atoms with Crippen LogP contribution in [0.2, 0.25) is 0 Å². The molecule has 0 bridgehead atoms. The second-order valence-electron chi connectivity index (χ2n) is 6.30. The van der Waals surface area contributed by atoms with Crippen molar-refractivity contribution in [2.75, 3.05) is 13.1 Å². The number of phenols is 1. The molecule has 0 aromatic heterocycles. The first-order valence-electron chi connectivity index (χ1n) is 7.43. The molecule has 2 rings (SSSR count). The number of hydroxylamine groups is 2. The highest BCUT2D eigenvalue weighted by Crippen LogP contribution is 2.21. The molecule has 0 amide bonds. The van der Waals surface area contributed by atoms with Crippen LogP contribution in [0.5, 0.6) is 11.5 Å². The quantitative estimate of drug-likeness (QED) is 0.865. The van der Waals surface area contributed by atoms with Crippen LogP contribution in [-0.2, 0) is 9.57 Å². The fourth-order valence-corrected chi connectivity index (χ4v) is 2.13. The zero-order chi connectivity index (χ0) is 16.2. The summed E-state index contributed by atoms with van der Waals surface area (Å²) in [5, 5.41) is 10.8. The molecular weight excluding hydrogens is 286 g/mol. The molecule has 6 heteroatoms. The Hall–Kier alpha value is -1.95. The molecule has 0 spiro atoms. The zero-order valence-corrected chi connectivity index (χ0v) is 13.2. The molecule has 0 unspecified atom stereocenters. The van der Waals surface area contributed by atoms with E-state index in [0.717, 1.165) is 18.6 Å². The molecule has 1 aliphatic heterocycles. The van der Waals surface area contributed by atoms with Crippen molar-refractivity contribution in [2.45, 2.75) is 45.3 Å². The van der Waals surface area contributed by atoms with Crippen LogP contribution in [0, 0.1) is 0 Å². The standard InChI is InChI=1S/C16H23NO5/c1-16(2,3)21-15(19)22-17-10-8-14(9-11-17)20-13-6-4-12(18)5-7-13/h4-7,14,18H,8-11H2,1-3H3. The van der Waals surface area contributed by atoms with Crippen molar-refractivity contribution in [3.05, 3.63) is 24.3 Å². The maximum Gasteiger partial charge on any atom is 0.528 e. The van der Waals surface area contributed by atoms with Gasteiger partial charge in [-0.25, -0.2) is 4.79 Å². The van der Waals surface area contributed by atoms with Gasteiger partial charge >= 0.3 is 6.16 Å². The van der Waals surface area contributed by atoms with Gasteiger partial charge in [0.1, 0.15) is 23.2 Å². The zero-order valence-electron chi connectivity index (χ0n) is 13.2. The van der Waals surface area contributed by atoms with Crippen LogP contribution >= 0.6 is 0 Å². The fourth-order valence-electron chi connectivity index (χ4n) is 2.13. The smallest absolute Gasteiger partial charge is 0.508 e. The number of hydrogen-bond donors (Lipinski definition) is 1. The largest absolute Gasteiger partial charge is 0.528 e. The molecule has 1 saturated heterocycles. The van der Waals surface area contributed by atoms with Crippen LogP contribution in [0.3, 0.4) is 0 Å². The molecule has 0 saturated carbocycles. The topological polar surface area (TPSA) is 68.2 Å². The van der Waals surface area contributed by atoms with Gasteiger partial charge in [-0.2, -0.15) is 0 Å². The number of aromatic hydroxyl groups is 1. The second kappa shape index (κ2) is 6.87. The summed E-state index contributed by atoms with van der Waals surface area (Å²) in [6, 6.07) is 6.66. The van der Waals surface area contributed by atoms with Crippen molar-refractivity contribution in [1.29, 1.82) is 0 Å². The summed E-state index contributed by atoms with van der Waals surface area (Å²) in [6.45, 7) is 6.59. The number of nitrogens with zero attached hydrogens (tertiary/aromatic N) is 1. The Morgan fingerprint density at radius 2 is 1.77 bits per heavy atom. The van der Waals surface area contributed by atoms with Gasteiger partial charge in [0, 0.05) is 25.9 Å². The van der Waals surface area contributed by atoms with E-state index < -0.39 is 11.8 Å². The highest BCUT2D eigenvalue weighted by atomic mass is 16.8. The van der Waals surface area contributed by atoms with Gasteiger partial charge in [-0.15, -0.1) is 5.06 Å². The molecule has 1 N–H and O–H groups in total. The van der Waals surface area contributed by atoms with Gasteiger partial charge in [0.15, 0.2) is 0 Å². The van der Waals surface area contributed by atoms with Gasteiger partial charge in [0.2, 0.25) is 0 Å². The van der Waals surface area contributed by atoms with E-state index in [1.165, 1.54) is 0 Å². The maximum absolute atomic E-state index is 11.6. The Labute approximate surface area is 130 Å². The van der Waals surface area contributed by atoms with E-state index in [1.54, 1.807) is 50.1 Å². The van der Waals surface area contributed by atoms with Gasteiger partial charge in [-0.3, -0.25) is 0 Å². The number of phenolic OH excluding ortho intramolecular Hbond substituents is 1. The van der Waals surface area contributed by atoms with Crippen molar-refractivity contribution in [2.24, 2.45) is 0 Å². The average Bonchev–Trinajstić information content (AvgIpc) is 2.41. The lowest BCUT2D eigenvalue weighted by atomic mass is 10.1. The lowest BCUT2D eigenvalue weighted by Gasteiger charge is -2.31. The molecule has 1 aromatic carbocycles. The van der Waals surface area contributed by atoms with Crippen LogP contribution in [-0.4, -0.2) is 41.1 Å². The summed E-state index contributed by atoms with van der Waals surface area (Å²) in [5.41, 5.74) is -0.558. The minimum atomic E-state index is -0.676. The lowest BCUT2D eigenvalue weighted by molar-refractivity contribution is -0.158. The van der Waals surface area contributed by atoms with Crippen molar-refractivity contribution in [3.8, 4) is 11.5 Å². The third-order valence-electron chi connectivity index (χ3n) is 3.13. The predicted octanol–water partition coefficient (Wildman–Crippen LogP) is 3.10. The molecule has 0 atom stereocenters. The summed E-state index contributed by atoms with van der Waals surface area (Å²) in [4.78, 5) is 16.8. The molecule has 0 aliphatic carbocycles. The third-order valence-corrected chi connectivity index (χ3v) is 3.13. The molecule has 1 heterocycles. The van der Waals surface area contributed by atoms with Crippen molar-refractivity contribution in [1.82, 2.24) is 5.06 Å². The van der Waals surface area contributed by atoms with Crippen LogP contribution in [0.4, 0.5) is 4.79 Å². The molecule has 122 valence electrons. The highest BCUT2D eigenvalue weighted by molar-refractivity contribution is 5.60. The summed E-state index contributed by atoms with van der Waals surface area (Å²) in [7, 11) is 0. The van der Waals surface area contributed by atoms with Gasteiger partial charge in [-0.05, 0) is 45.0 Å². The maximum atomic E-state index is 11.6. The van der Waals surface area contributed by atoms with E-state index in [9.17, 15) is 9.90 Å². The number of carbonyl (C=O) groups excluding carboxylic acids is 1. The van der Waals surface area contributed by atoms with Gasteiger partial charge in [0.05, 0.1) is 0 Å². The van der Waals surface area contributed by atoms with E-state index >= 15 is 0 Å². The Bertz CT molecular complexity index is 486. The number of benzene rings is 1. The van der Waals surface area contributed by atoms with E-state index in [0.29, 0.717) is 13.1 Å².